The Labute approximate surface area is 149 Å². The molecule has 0 heterocycles. The maximum atomic E-state index is 12.8. The smallest absolute Gasteiger partial charge is 0.325 e. The van der Waals surface area contributed by atoms with Gasteiger partial charge in [-0.25, -0.2) is 0 Å². The molecule has 2 aromatic carbocycles. The second kappa shape index (κ2) is 7.32. The Kier molecular flexibility index (Phi) is 5.11. The molecule has 0 spiro atoms. The first-order valence-corrected chi connectivity index (χ1v) is 8.44. The van der Waals surface area contributed by atoms with Gasteiger partial charge in [0.15, 0.2) is 5.78 Å². The van der Waals surface area contributed by atoms with Crippen LogP contribution in [0.15, 0.2) is 48.5 Å². The number of hydrogen-bond donors (Lipinski definition) is 1. The van der Waals surface area contributed by atoms with E-state index in [2.05, 4.69) is 5.32 Å². The number of rotatable bonds is 5. The van der Waals surface area contributed by atoms with Gasteiger partial charge in [-0.15, -0.1) is 0 Å². The summed E-state index contributed by atoms with van der Waals surface area (Å²) < 4.78 is 38.5. The van der Waals surface area contributed by atoms with E-state index in [0.717, 1.165) is 31.4 Å². The average Bonchev–Trinajstić information content (AvgIpc) is 2.53. The largest absolute Gasteiger partial charge is 0.416 e. The van der Waals surface area contributed by atoms with Crippen LogP contribution in [0.2, 0.25) is 0 Å². The minimum absolute atomic E-state index is 0.0263. The second-order valence-electron chi connectivity index (χ2n) is 6.46. The second-order valence-corrected chi connectivity index (χ2v) is 6.46. The number of carbonyl (C=O) groups excluding carboxylic acids is 2. The molecule has 3 nitrogen and oxygen atoms in total. The molecule has 0 atom stereocenters. The SMILES string of the molecule is O=C(Cc1cccc(C(F)(F)F)c1)c1ccccc1NC(=O)C1CCC1. The molecule has 1 aliphatic rings. The van der Waals surface area contributed by atoms with E-state index in [9.17, 15) is 22.8 Å². The van der Waals surface area contributed by atoms with Gasteiger partial charge in [-0.05, 0) is 36.6 Å². The van der Waals surface area contributed by atoms with Crippen LogP contribution in [0, 0.1) is 5.92 Å². The summed E-state index contributed by atoms with van der Waals surface area (Å²) in [5, 5.41) is 2.78. The molecule has 0 aromatic heterocycles. The van der Waals surface area contributed by atoms with Crippen molar-refractivity contribution >= 4 is 17.4 Å². The van der Waals surface area contributed by atoms with Gasteiger partial charge >= 0.3 is 6.18 Å². The van der Waals surface area contributed by atoms with Crippen molar-refractivity contribution in [1.29, 1.82) is 0 Å². The van der Waals surface area contributed by atoms with Crippen LogP contribution >= 0.6 is 0 Å². The molecule has 0 radical (unpaired) electrons. The van der Waals surface area contributed by atoms with E-state index in [1.165, 1.54) is 12.1 Å². The molecular weight excluding hydrogens is 343 g/mol. The monoisotopic (exact) mass is 361 g/mol. The van der Waals surface area contributed by atoms with Gasteiger partial charge in [0.25, 0.3) is 0 Å². The van der Waals surface area contributed by atoms with E-state index in [1.807, 2.05) is 0 Å². The summed E-state index contributed by atoms with van der Waals surface area (Å²) in [4.78, 5) is 24.7. The normalized spacial score (nSPS) is 14.6. The molecule has 6 heteroatoms. The molecule has 2 aromatic rings. The highest BCUT2D eigenvalue weighted by atomic mass is 19.4. The van der Waals surface area contributed by atoms with Crippen LogP contribution in [-0.4, -0.2) is 11.7 Å². The summed E-state index contributed by atoms with van der Waals surface area (Å²) in [6.45, 7) is 0. The van der Waals surface area contributed by atoms with Crippen molar-refractivity contribution in [2.24, 2.45) is 5.92 Å². The topological polar surface area (TPSA) is 46.2 Å². The first-order valence-electron chi connectivity index (χ1n) is 8.44. The van der Waals surface area contributed by atoms with Crippen molar-refractivity contribution in [3.05, 3.63) is 65.2 Å². The van der Waals surface area contributed by atoms with Crippen LogP contribution in [0.1, 0.15) is 40.7 Å². The number of amides is 1. The summed E-state index contributed by atoms with van der Waals surface area (Å²) in [7, 11) is 0. The molecule has 1 fully saturated rings. The Morgan fingerprint density at radius 3 is 2.42 bits per heavy atom. The number of nitrogens with one attached hydrogen (secondary N) is 1. The molecule has 0 saturated heterocycles. The van der Waals surface area contributed by atoms with Crippen molar-refractivity contribution in [2.45, 2.75) is 31.9 Å². The predicted molar refractivity (Wildman–Crippen MR) is 91.9 cm³/mol. The van der Waals surface area contributed by atoms with Gasteiger partial charge in [0, 0.05) is 17.9 Å². The molecule has 0 bridgehead atoms. The summed E-state index contributed by atoms with van der Waals surface area (Å²) in [5.74, 6) is -0.481. The van der Waals surface area contributed by atoms with E-state index in [1.54, 1.807) is 24.3 Å². The molecule has 1 saturated carbocycles. The minimum Gasteiger partial charge on any atom is -0.325 e. The highest BCUT2D eigenvalue weighted by Gasteiger charge is 2.30. The van der Waals surface area contributed by atoms with Crippen LogP contribution in [0.4, 0.5) is 18.9 Å². The lowest BCUT2D eigenvalue weighted by molar-refractivity contribution is -0.137. The van der Waals surface area contributed by atoms with Crippen molar-refractivity contribution in [3.63, 3.8) is 0 Å². The number of benzene rings is 2. The zero-order chi connectivity index (χ0) is 18.7. The van der Waals surface area contributed by atoms with Crippen LogP contribution in [-0.2, 0) is 17.4 Å². The highest BCUT2D eigenvalue weighted by molar-refractivity contribution is 6.06. The molecule has 1 amide bonds. The fourth-order valence-corrected chi connectivity index (χ4v) is 2.88. The quantitative estimate of drug-likeness (QED) is 0.773. The fraction of sp³-hybridized carbons (Fsp3) is 0.300. The van der Waals surface area contributed by atoms with E-state index in [-0.39, 0.29) is 29.6 Å². The summed E-state index contributed by atoms with van der Waals surface area (Å²) in [5.41, 5.74) is 0.207. The molecule has 1 aliphatic carbocycles. The van der Waals surface area contributed by atoms with Crippen molar-refractivity contribution in [3.8, 4) is 0 Å². The van der Waals surface area contributed by atoms with Gasteiger partial charge in [0.05, 0.1) is 11.3 Å². The third-order valence-corrected chi connectivity index (χ3v) is 4.58. The number of hydrogen-bond acceptors (Lipinski definition) is 2. The Balaban J connectivity index is 1.77. The zero-order valence-corrected chi connectivity index (χ0v) is 14.0. The Bertz CT molecular complexity index is 826. The van der Waals surface area contributed by atoms with Gasteiger partial charge in [-0.2, -0.15) is 13.2 Å². The average molecular weight is 361 g/mol. The van der Waals surface area contributed by atoms with Crippen molar-refractivity contribution in [1.82, 2.24) is 0 Å². The van der Waals surface area contributed by atoms with E-state index >= 15 is 0 Å². The van der Waals surface area contributed by atoms with Crippen molar-refractivity contribution < 1.29 is 22.8 Å². The van der Waals surface area contributed by atoms with Gasteiger partial charge in [-0.1, -0.05) is 36.8 Å². The van der Waals surface area contributed by atoms with Gasteiger partial charge in [0.2, 0.25) is 5.91 Å². The first-order chi connectivity index (χ1) is 12.3. The molecular formula is C20H18F3NO2. The zero-order valence-electron chi connectivity index (χ0n) is 14.0. The maximum Gasteiger partial charge on any atom is 0.416 e. The number of para-hydroxylation sites is 1. The molecule has 0 aliphatic heterocycles. The Hall–Kier alpha value is -2.63. The third-order valence-electron chi connectivity index (χ3n) is 4.58. The van der Waals surface area contributed by atoms with E-state index < -0.39 is 11.7 Å². The Morgan fingerprint density at radius 1 is 1.04 bits per heavy atom. The summed E-state index contributed by atoms with van der Waals surface area (Å²) >= 11 is 0. The van der Waals surface area contributed by atoms with E-state index in [0.29, 0.717) is 11.3 Å². The fourth-order valence-electron chi connectivity index (χ4n) is 2.88. The highest BCUT2D eigenvalue weighted by Crippen LogP contribution is 2.30. The van der Waals surface area contributed by atoms with Crippen LogP contribution in [0.5, 0.6) is 0 Å². The molecule has 136 valence electrons. The number of Topliss-reactive ketones (excluding diaryl/α,β-unsaturated/α-hetero) is 1. The summed E-state index contributed by atoms with van der Waals surface area (Å²) in [6.07, 6.45) is -1.92. The van der Waals surface area contributed by atoms with Gasteiger partial charge in [0.1, 0.15) is 0 Å². The lowest BCUT2D eigenvalue weighted by Crippen LogP contribution is -2.28. The number of halogens is 3. The Morgan fingerprint density at radius 2 is 1.77 bits per heavy atom. The first kappa shape index (κ1) is 18.2. The minimum atomic E-state index is -4.45. The standard InChI is InChI=1S/C20H18F3NO2/c21-20(22,23)15-8-3-5-13(11-15)12-18(25)16-9-1-2-10-17(16)24-19(26)14-6-4-7-14/h1-3,5,8-11,14H,4,6-7,12H2,(H,24,26). The number of carbonyl (C=O) groups is 2. The summed E-state index contributed by atoms with van der Waals surface area (Å²) in [6, 6.07) is 11.3. The third kappa shape index (κ3) is 4.12. The molecule has 26 heavy (non-hydrogen) atoms. The molecule has 0 unspecified atom stereocenters. The van der Waals surface area contributed by atoms with Crippen LogP contribution in [0.25, 0.3) is 0 Å². The molecule has 3 rings (SSSR count). The van der Waals surface area contributed by atoms with Crippen LogP contribution < -0.4 is 5.32 Å². The molecule has 1 N–H and O–H groups in total. The van der Waals surface area contributed by atoms with Gasteiger partial charge < -0.3 is 5.32 Å². The van der Waals surface area contributed by atoms with E-state index in [4.69, 9.17) is 0 Å². The maximum absolute atomic E-state index is 12.8. The van der Waals surface area contributed by atoms with Crippen LogP contribution in [0.3, 0.4) is 0 Å². The number of ketones is 1. The van der Waals surface area contributed by atoms with Crippen molar-refractivity contribution in [2.75, 3.05) is 5.32 Å². The lowest BCUT2D eigenvalue weighted by Gasteiger charge is -2.24. The van der Waals surface area contributed by atoms with Gasteiger partial charge in [-0.3, -0.25) is 9.59 Å². The lowest BCUT2D eigenvalue weighted by atomic mass is 9.84. The number of alkyl halides is 3. The predicted octanol–water partition coefficient (Wildman–Crippen LogP) is 4.87. The number of anilines is 1.